The topological polar surface area (TPSA) is 74.7 Å². The minimum absolute atomic E-state index is 0.453. The molecule has 1 heterocycles. The van der Waals surface area contributed by atoms with Gasteiger partial charge in [0.2, 0.25) is 0 Å². The highest BCUT2D eigenvalue weighted by atomic mass is 19.1. The minimum atomic E-state index is -1.41. The van der Waals surface area contributed by atoms with Gasteiger partial charge in [-0.3, -0.25) is 14.5 Å². The molecule has 18 heavy (non-hydrogen) atoms. The van der Waals surface area contributed by atoms with Crippen molar-refractivity contribution in [3.63, 3.8) is 0 Å². The SMILES string of the molecule is CC(C(=O)O)N1C(=O)C(=O)c2cc(F)cc(F)c21. The summed E-state index contributed by atoms with van der Waals surface area (Å²) in [5.74, 6) is -5.83. The maximum absolute atomic E-state index is 13.6. The van der Waals surface area contributed by atoms with E-state index in [-0.39, 0.29) is 0 Å². The Labute approximate surface area is 99.6 Å². The number of rotatable bonds is 2. The zero-order valence-corrected chi connectivity index (χ0v) is 9.11. The maximum Gasteiger partial charge on any atom is 0.326 e. The van der Waals surface area contributed by atoms with E-state index in [1.807, 2.05) is 0 Å². The molecule has 1 aliphatic rings. The molecule has 0 fully saturated rings. The van der Waals surface area contributed by atoms with Crippen molar-refractivity contribution in [2.75, 3.05) is 4.90 Å². The Morgan fingerprint density at radius 2 is 1.94 bits per heavy atom. The summed E-state index contributed by atoms with van der Waals surface area (Å²) in [6.07, 6.45) is 0. The summed E-state index contributed by atoms with van der Waals surface area (Å²) >= 11 is 0. The van der Waals surface area contributed by atoms with E-state index in [1.165, 1.54) is 0 Å². The van der Waals surface area contributed by atoms with Gasteiger partial charge < -0.3 is 5.11 Å². The van der Waals surface area contributed by atoms with Crippen LogP contribution in [-0.2, 0) is 9.59 Å². The van der Waals surface area contributed by atoms with Gasteiger partial charge in [-0.05, 0) is 13.0 Å². The van der Waals surface area contributed by atoms with Crippen LogP contribution in [-0.4, -0.2) is 28.8 Å². The Kier molecular flexibility index (Phi) is 2.61. The highest BCUT2D eigenvalue weighted by Gasteiger charge is 2.43. The van der Waals surface area contributed by atoms with Crippen LogP contribution in [0, 0.1) is 11.6 Å². The van der Waals surface area contributed by atoms with E-state index in [9.17, 15) is 23.2 Å². The van der Waals surface area contributed by atoms with Gasteiger partial charge in [-0.2, -0.15) is 0 Å². The number of anilines is 1. The van der Waals surface area contributed by atoms with E-state index in [0.29, 0.717) is 17.0 Å². The summed E-state index contributed by atoms with van der Waals surface area (Å²) in [6.45, 7) is 1.13. The smallest absolute Gasteiger partial charge is 0.326 e. The normalized spacial score (nSPS) is 15.8. The molecule has 1 amide bonds. The number of halogens is 2. The van der Waals surface area contributed by atoms with Crippen molar-refractivity contribution < 1.29 is 28.3 Å². The largest absolute Gasteiger partial charge is 0.480 e. The van der Waals surface area contributed by atoms with Crippen molar-refractivity contribution in [1.82, 2.24) is 0 Å². The fourth-order valence-electron chi connectivity index (χ4n) is 1.79. The fraction of sp³-hybridized carbons (Fsp3) is 0.182. The van der Waals surface area contributed by atoms with Crippen LogP contribution >= 0.6 is 0 Å². The van der Waals surface area contributed by atoms with E-state index < -0.39 is 46.6 Å². The second kappa shape index (κ2) is 3.86. The van der Waals surface area contributed by atoms with E-state index in [1.54, 1.807) is 0 Å². The molecule has 1 aliphatic heterocycles. The van der Waals surface area contributed by atoms with E-state index in [2.05, 4.69) is 0 Å². The molecule has 1 atom stereocenters. The average Bonchev–Trinajstić information content (AvgIpc) is 2.52. The molecule has 1 unspecified atom stereocenters. The molecule has 0 saturated heterocycles. The lowest BCUT2D eigenvalue weighted by atomic mass is 10.1. The first kappa shape index (κ1) is 12.2. The predicted octanol–water partition coefficient (Wildman–Crippen LogP) is 0.967. The zero-order chi connectivity index (χ0) is 13.6. The summed E-state index contributed by atoms with van der Waals surface area (Å²) in [7, 11) is 0. The third-order valence-corrected chi connectivity index (χ3v) is 2.67. The number of ketones is 1. The van der Waals surface area contributed by atoms with E-state index in [0.717, 1.165) is 6.92 Å². The Hall–Kier alpha value is -2.31. The highest BCUT2D eigenvalue weighted by molar-refractivity contribution is 6.52. The number of carboxylic acids is 1. The number of Topliss-reactive ketones (excluding diaryl/α,β-unsaturated/α-hetero) is 1. The van der Waals surface area contributed by atoms with Crippen LogP contribution in [0.5, 0.6) is 0 Å². The van der Waals surface area contributed by atoms with Crippen molar-refractivity contribution in [2.24, 2.45) is 0 Å². The van der Waals surface area contributed by atoms with E-state index >= 15 is 0 Å². The van der Waals surface area contributed by atoms with Crippen molar-refractivity contribution in [1.29, 1.82) is 0 Å². The van der Waals surface area contributed by atoms with Crippen LogP contribution in [0.25, 0.3) is 0 Å². The number of benzene rings is 1. The first-order chi connectivity index (χ1) is 8.34. The lowest BCUT2D eigenvalue weighted by molar-refractivity contribution is -0.139. The Balaban J connectivity index is 2.65. The summed E-state index contributed by atoms with van der Waals surface area (Å²) in [4.78, 5) is 34.5. The average molecular weight is 255 g/mol. The van der Waals surface area contributed by atoms with Crippen LogP contribution in [0.3, 0.4) is 0 Å². The second-order valence-electron chi connectivity index (χ2n) is 3.80. The molecule has 0 aromatic heterocycles. The molecule has 0 aliphatic carbocycles. The van der Waals surface area contributed by atoms with Gasteiger partial charge in [0.25, 0.3) is 11.7 Å². The molecule has 1 N–H and O–H groups in total. The Morgan fingerprint density at radius 1 is 1.33 bits per heavy atom. The number of hydrogen-bond acceptors (Lipinski definition) is 3. The second-order valence-corrected chi connectivity index (χ2v) is 3.80. The lowest BCUT2D eigenvalue weighted by Gasteiger charge is -2.21. The van der Waals surface area contributed by atoms with Crippen LogP contribution in [0.1, 0.15) is 17.3 Å². The summed E-state index contributed by atoms with van der Waals surface area (Å²) in [6, 6.07) is -0.206. The number of carbonyl (C=O) groups excluding carboxylic acids is 2. The summed E-state index contributed by atoms with van der Waals surface area (Å²) < 4.78 is 26.6. The third-order valence-electron chi connectivity index (χ3n) is 2.67. The molecular weight excluding hydrogens is 248 g/mol. The molecule has 94 valence electrons. The van der Waals surface area contributed by atoms with Gasteiger partial charge in [-0.1, -0.05) is 0 Å². The number of carboxylic acid groups (broad SMARTS) is 1. The quantitative estimate of drug-likeness (QED) is 0.799. The van der Waals surface area contributed by atoms with Crippen LogP contribution in [0.15, 0.2) is 12.1 Å². The first-order valence-corrected chi connectivity index (χ1v) is 4.94. The standard InChI is InChI=1S/C11H7F2NO4/c1-4(11(17)18)14-8-6(9(15)10(14)16)2-5(12)3-7(8)13/h2-4H,1H3,(H,17,18). The van der Waals surface area contributed by atoms with Gasteiger partial charge in [0.1, 0.15) is 11.9 Å². The van der Waals surface area contributed by atoms with Gasteiger partial charge in [0.15, 0.2) is 5.82 Å². The zero-order valence-electron chi connectivity index (χ0n) is 9.11. The first-order valence-electron chi connectivity index (χ1n) is 4.94. The van der Waals surface area contributed by atoms with Crippen molar-refractivity contribution in [2.45, 2.75) is 13.0 Å². The highest BCUT2D eigenvalue weighted by Crippen LogP contribution is 2.34. The predicted molar refractivity (Wildman–Crippen MR) is 55.3 cm³/mol. The molecule has 7 heteroatoms. The number of amides is 1. The summed E-state index contributed by atoms with van der Waals surface area (Å²) in [5.41, 5.74) is -0.938. The maximum atomic E-state index is 13.6. The van der Waals surface area contributed by atoms with Crippen molar-refractivity contribution in [3.05, 3.63) is 29.3 Å². The minimum Gasteiger partial charge on any atom is -0.480 e. The van der Waals surface area contributed by atoms with Crippen molar-refractivity contribution in [3.8, 4) is 0 Å². The van der Waals surface area contributed by atoms with Gasteiger partial charge in [0.05, 0.1) is 11.3 Å². The van der Waals surface area contributed by atoms with Gasteiger partial charge in [0, 0.05) is 6.07 Å². The number of hydrogen-bond donors (Lipinski definition) is 1. The molecule has 5 nitrogen and oxygen atoms in total. The van der Waals surface area contributed by atoms with E-state index in [4.69, 9.17) is 5.11 Å². The monoisotopic (exact) mass is 255 g/mol. The molecule has 0 bridgehead atoms. The van der Waals surface area contributed by atoms with Crippen LogP contribution in [0.4, 0.5) is 14.5 Å². The van der Waals surface area contributed by atoms with Gasteiger partial charge >= 0.3 is 5.97 Å². The third kappa shape index (κ3) is 1.55. The van der Waals surface area contributed by atoms with Gasteiger partial charge in [-0.25, -0.2) is 13.6 Å². The number of aliphatic carboxylic acids is 1. The Morgan fingerprint density at radius 3 is 2.50 bits per heavy atom. The fourth-order valence-corrected chi connectivity index (χ4v) is 1.79. The Bertz CT molecular complexity index is 585. The van der Waals surface area contributed by atoms with Crippen molar-refractivity contribution >= 4 is 23.3 Å². The molecule has 1 aromatic carbocycles. The summed E-state index contributed by atoms with van der Waals surface area (Å²) in [5, 5.41) is 8.82. The molecule has 1 aromatic rings. The number of fused-ring (bicyclic) bond motifs is 1. The van der Waals surface area contributed by atoms with Crippen LogP contribution < -0.4 is 4.90 Å². The molecule has 0 saturated carbocycles. The number of nitrogens with zero attached hydrogens (tertiary/aromatic N) is 1. The number of carbonyl (C=O) groups is 3. The lowest BCUT2D eigenvalue weighted by Crippen LogP contribution is -2.42. The van der Waals surface area contributed by atoms with Gasteiger partial charge in [-0.15, -0.1) is 0 Å². The molecular formula is C11H7F2NO4. The van der Waals surface area contributed by atoms with Crippen LogP contribution in [0.2, 0.25) is 0 Å². The molecule has 0 spiro atoms. The molecule has 0 radical (unpaired) electrons. The molecule has 2 rings (SSSR count).